The highest BCUT2D eigenvalue weighted by atomic mass is 16.5. The molecule has 0 spiro atoms. The fraction of sp³-hybridized carbons (Fsp3) is 0.909. The van der Waals surface area contributed by atoms with E-state index in [1.54, 1.807) is 0 Å². The van der Waals surface area contributed by atoms with Crippen LogP contribution in [-0.2, 0) is 4.74 Å². The first-order valence-corrected chi connectivity index (χ1v) is 5.84. The summed E-state index contributed by atoms with van der Waals surface area (Å²) in [6.45, 7) is 7.76. The highest BCUT2D eigenvalue weighted by Gasteiger charge is 2.12. The highest BCUT2D eigenvalue weighted by Crippen LogP contribution is 1.99. The van der Waals surface area contributed by atoms with Crippen molar-refractivity contribution < 1.29 is 14.6 Å². The van der Waals surface area contributed by atoms with Crippen molar-refractivity contribution in [3.63, 3.8) is 0 Å². The molecule has 5 heteroatoms. The van der Waals surface area contributed by atoms with E-state index in [2.05, 4.69) is 10.6 Å². The number of hydrogen-bond acceptors (Lipinski definition) is 3. The van der Waals surface area contributed by atoms with E-state index in [-0.39, 0.29) is 24.6 Å². The Bertz CT molecular complexity index is 188. The molecule has 0 aromatic carbocycles. The quantitative estimate of drug-likeness (QED) is 0.540. The third kappa shape index (κ3) is 7.48. The molecule has 0 heterocycles. The van der Waals surface area contributed by atoms with Crippen LogP contribution in [0.3, 0.4) is 0 Å². The van der Waals surface area contributed by atoms with E-state index in [1.807, 2.05) is 20.8 Å². The summed E-state index contributed by atoms with van der Waals surface area (Å²) in [5, 5.41) is 14.4. The van der Waals surface area contributed by atoms with Gasteiger partial charge in [0.1, 0.15) is 0 Å². The summed E-state index contributed by atoms with van der Waals surface area (Å²) in [6, 6.07) is -0.221. The Kier molecular flexibility index (Phi) is 8.94. The van der Waals surface area contributed by atoms with Gasteiger partial charge in [0.2, 0.25) is 0 Å². The maximum atomic E-state index is 11.4. The van der Waals surface area contributed by atoms with Gasteiger partial charge in [-0.3, -0.25) is 0 Å². The number of carbonyl (C=O) groups is 1. The predicted octanol–water partition coefficient (Wildman–Crippen LogP) is 0.729. The van der Waals surface area contributed by atoms with Crippen molar-refractivity contribution >= 4 is 6.03 Å². The number of nitrogens with one attached hydrogen (secondary N) is 2. The summed E-state index contributed by atoms with van der Waals surface area (Å²) < 4.78 is 5.15. The minimum atomic E-state index is -0.190. The Morgan fingerprint density at radius 3 is 2.69 bits per heavy atom. The Balaban J connectivity index is 3.51. The molecule has 0 aliphatic rings. The average molecular weight is 232 g/mol. The second-order valence-corrected chi connectivity index (χ2v) is 3.90. The zero-order chi connectivity index (χ0) is 12.4. The van der Waals surface area contributed by atoms with Crippen molar-refractivity contribution in [2.24, 2.45) is 5.92 Å². The summed E-state index contributed by atoms with van der Waals surface area (Å²) >= 11 is 0. The van der Waals surface area contributed by atoms with Crippen LogP contribution in [0, 0.1) is 5.92 Å². The Morgan fingerprint density at radius 1 is 1.44 bits per heavy atom. The molecule has 0 aromatic rings. The third-order valence-corrected chi connectivity index (χ3v) is 2.46. The van der Waals surface area contributed by atoms with Gasteiger partial charge in [-0.2, -0.15) is 0 Å². The molecule has 96 valence electrons. The van der Waals surface area contributed by atoms with E-state index in [0.717, 1.165) is 6.42 Å². The van der Waals surface area contributed by atoms with Gasteiger partial charge in [-0.05, 0) is 26.2 Å². The second-order valence-electron chi connectivity index (χ2n) is 3.90. The second kappa shape index (κ2) is 9.42. The number of amides is 2. The summed E-state index contributed by atoms with van der Waals surface area (Å²) in [7, 11) is 0. The number of ether oxygens (including phenoxy) is 1. The van der Waals surface area contributed by atoms with E-state index in [1.165, 1.54) is 0 Å². The lowest BCUT2D eigenvalue weighted by molar-refractivity contribution is 0.145. The van der Waals surface area contributed by atoms with Crippen molar-refractivity contribution in [1.82, 2.24) is 10.6 Å². The van der Waals surface area contributed by atoms with Crippen LogP contribution in [0.2, 0.25) is 0 Å². The molecule has 0 radical (unpaired) electrons. The lowest BCUT2D eigenvalue weighted by Crippen LogP contribution is -2.44. The normalized spacial score (nSPS) is 14.2. The molecule has 0 aliphatic heterocycles. The molecule has 0 aliphatic carbocycles. The molecule has 0 aromatic heterocycles. The van der Waals surface area contributed by atoms with Gasteiger partial charge in [-0.15, -0.1) is 0 Å². The molecule has 0 rings (SSSR count). The molecule has 2 amide bonds. The van der Waals surface area contributed by atoms with Gasteiger partial charge >= 0.3 is 6.03 Å². The van der Waals surface area contributed by atoms with Crippen LogP contribution in [0.15, 0.2) is 0 Å². The van der Waals surface area contributed by atoms with Gasteiger partial charge in [-0.25, -0.2) is 4.79 Å². The monoisotopic (exact) mass is 232 g/mol. The van der Waals surface area contributed by atoms with Crippen molar-refractivity contribution in [1.29, 1.82) is 0 Å². The highest BCUT2D eigenvalue weighted by molar-refractivity contribution is 5.74. The van der Waals surface area contributed by atoms with Crippen LogP contribution in [0.5, 0.6) is 0 Å². The molecule has 3 N–H and O–H groups in total. The Hall–Kier alpha value is -0.810. The zero-order valence-electron chi connectivity index (χ0n) is 10.5. The molecule has 0 saturated heterocycles. The van der Waals surface area contributed by atoms with E-state index in [0.29, 0.717) is 19.8 Å². The van der Waals surface area contributed by atoms with Gasteiger partial charge in [0.15, 0.2) is 0 Å². The maximum absolute atomic E-state index is 11.4. The molecule has 5 nitrogen and oxygen atoms in total. The molecule has 2 unspecified atom stereocenters. The lowest BCUT2D eigenvalue weighted by atomic mass is 10.1. The topological polar surface area (TPSA) is 70.6 Å². The van der Waals surface area contributed by atoms with Crippen LogP contribution in [0.4, 0.5) is 4.79 Å². The van der Waals surface area contributed by atoms with Crippen molar-refractivity contribution in [3.8, 4) is 0 Å². The lowest BCUT2D eigenvalue weighted by Gasteiger charge is -2.19. The first-order valence-electron chi connectivity index (χ1n) is 5.84. The number of aliphatic hydroxyl groups is 1. The number of urea groups is 1. The molecule has 16 heavy (non-hydrogen) atoms. The summed E-state index contributed by atoms with van der Waals surface area (Å²) in [5.74, 6) is 0.0641. The van der Waals surface area contributed by atoms with Crippen LogP contribution < -0.4 is 10.6 Å². The predicted molar refractivity (Wildman–Crippen MR) is 63.4 cm³/mol. The van der Waals surface area contributed by atoms with Crippen LogP contribution >= 0.6 is 0 Å². The first kappa shape index (κ1) is 15.2. The van der Waals surface area contributed by atoms with Crippen LogP contribution in [-0.4, -0.2) is 43.5 Å². The summed E-state index contributed by atoms with van der Waals surface area (Å²) in [6.07, 6.45) is 0.811. The molecule has 0 saturated carbocycles. The SMILES string of the molecule is CCOCCCNC(=O)NC(C)C(C)CO. The Morgan fingerprint density at radius 2 is 2.12 bits per heavy atom. The van der Waals surface area contributed by atoms with E-state index < -0.39 is 0 Å². The third-order valence-electron chi connectivity index (χ3n) is 2.46. The van der Waals surface area contributed by atoms with Crippen LogP contribution in [0.1, 0.15) is 27.2 Å². The van der Waals surface area contributed by atoms with E-state index >= 15 is 0 Å². The number of hydrogen-bond donors (Lipinski definition) is 3. The van der Waals surface area contributed by atoms with Gasteiger partial charge in [0, 0.05) is 32.4 Å². The smallest absolute Gasteiger partial charge is 0.315 e. The van der Waals surface area contributed by atoms with Crippen molar-refractivity contribution in [2.75, 3.05) is 26.4 Å². The number of rotatable bonds is 8. The van der Waals surface area contributed by atoms with Gasteiger partial charge in [-0.1, -0.05) is 6.92 Å². The fourth-order valence-electron chi connectivity index (χ4n) is 1.08. The molecule has 2 atom stereocenters. The van der Waals surface area contributed by atoms with Crippen molar-refractivity contribution in [3.05, 3.63) is 0 Å². The average Bonchev–Trinajstić information content (AvgIpc) is 2.27. The van der Waals surface area contributed by atoms with Gasteiger partial charge in [0.25, 0.3) is 0 Å². The largest absolute Gasteiger partial charge is 0.396 e. The van der Waals surface area contributed by atoms with E-state index in [9.17, 15) is 4.79 Å². The first-order chi connectivity index (χ1) is 7.61. The molecular formula is C11H24N2O3. The minimum absolute atomic E-state index is 0.0307. The molecular weight excluding hydrogens is 208 g/mol. The Labute approximate surface area is 97.6 Å². The number of aliphatic hydroxyl groups excluding tert-OH is 1. The van der Waals surface area contributed by atoms with Crippen molar-refractivity contribution in [2.45, 2.75) is 33.2 Å². The fourth-order valence-corrected chi connectivity index (χ4v) is 1.08. The summed E-state index contributed by atoms with van der Waals surface area (Å²) in [4.78, 5) is 11.4. The number of carbonyl (C=O) groups excluding carboxylic acids is 1. The molecule has 0 fully saturated rings. The standard InChI is InChI=1S/C11H24N2O3/c1-4-16-7-5-6-12-11(15)13-10(3)9(2)8-14/h9-10,14H,4-8H2,1-3H3,(H2,12,13,15). The summed E-state index contributed by atoms with van der Waals surface area (Å²) in [5.41, 5.74) is 0. The van der Waals surface area contributed by atoms with E-state index in [4.69, 9.17) is 9.84 Å². The molecule has 0 bridgehead atoms. The van der Waals surface area contributed by atoms with Crippen LogP contribution in [0.25, 0.3) is 0 Å². The van der Waals surface area contributed by atoms with Gasteiger partial charge in [0.05, 0.1) is 0 Å². The minimum Gasteiger partial charge on any atom is -0.396 e. The van der Waals surface area contributed by atoms with Gasteiger partial charge < -0.3 is 20.5 Å². The maximum Gasteiger partial charge on any atom is 0.315 e. The zero-order valence-corrected chi connectivity index (χ0v) is 10.5.